The van der Waals surface area contributed by atoms with Gasteiger partial charge < -0.3 is 4.74 Å². The van der Waals surface area contributed by atoms with E-state index in [0.29, 0.717) is 0 Å². The maximum Gasteiger partial charge on any atom is 0.264 e. The second-order valence-electron chi connectivity index (χ2n) is 3.31. The molecule has 0 aliphatic rings. The molecule has 0 atom stereocenters. The molecule has 0 bridgehead atoms. The Hall–Kier alpha value is -1.96. The summed E-state index contributed by atoms with van der Waals surface area (Å²) in [6.07, 6.45) is -2.78. The van der Waals surface area contributed by atoms with Gasteiger partial charge in [-0.15, -0.1) is 0 Å². The Morgan fingerprint density at radius 2 is 2.18 bits per heavy atom. The summed E-state index contributed by atoms with van der Waals surface area (Å²) in [6, 6.07) is 4.14. The molecular weight excluding hydrogens is 228 g/mol. The van der Waals surface area contributed by atoms with Crippen LogP contribution in [0.2, 0.25) is 0 Å². The summed E-state index contributed by atoms with van der Waals surface area (Å²) in [5, 5.41) is 8.85. The number of rotatable bonds is 4. The molecule has 90 valence electrons. The van der Waals surface area contributed by atoms with E-state index in [1.54, 1.807) is 6.92 Å². The van der Waals surface area contributed by atoms with Gasteiger partial charge in [-0.25, -0.2) is 8.78 Å². The van der Waals surface area contributed by atoms with Crippen LogP contribution in [0.3, 0.4) is 0 Å². The minimum atomic E-state index is -2.78. The molecule has 0 heterocycles. The van der Waals surface area contributed by atoms with Gasteiger partial charge in [0.25, 0.3) is 6.43 Å². The number of carbonyl (C=O) groups is 1. The largest absolute Gasteiger partial charge is 0.492 e. The van der Waals surface area contributed by atoms with Gasteiger partial charge in [-0.05, 0) is 19.9 Å². The highest BCUT2D eigenvalue weighted by atomic mass is 19.3. The summed E-state index contributed by atoms with van der Waals surface area (Å²) in [7, 11) is 0. The molecule has 0 spiro atoms. The number of hydrogen-bond donors (Lipinski definition) is 0. The predicted molar refractivity (Wildman–Crippen MR) is 57.3 cm³/mol. The van der Waals surface area contributed by atoms with Crippen LogP contribution in [0.1, 0.15) is 41.8 Å². The fourth-order valence-corrected chi connectivity index (χ4v) is 1.53. The standard InChI is InChI=1S/C12H11F2NO2/c1-3-17-11-8(6-15)4-5-9(12(13)14)10(11)7(2)16/h4-5,12H,3H2,1-2H3. The van der Waals surface area contributed by atoms with E-state index in [4.69, 9.17) is 10.00 Å². The molecule has 0 aliphatic carbocycles. The number of alkyl halides is 2. The van der Waals surface area contributed by atoms with Crippen molar-refractivity contribution in [1.82, 2.24) is 0 Å². The summed E-state index contributed by atoms with van der Waals surface area (Å²) in [5.41, 5.74) is -0.526. The van der Waals surface area contributed by atoms with Crippen LogP contribution < -0.4 is 4.74 Å². The van der Waals surface area contributed by atoms with E-state index in [1.165, 1.54) is 13.0 Å². The molecule has 1 aromatic carbocycles. The SMILES string of the molecule is CCOc1c(C#N)ccc(C(F)F)c1C(C)=O. The van der Waals surface area contributed by atoms with Gasteiger partial charge in [-0.1, -0.05) is 6.07 Å². The lowest BCUT2D eigenvalue weighted by Crippen LogP contribution is -2.07. The van der Waals surface area contributed by atoms with Gasteiger partial charge in [0.1, 0.15) is 11.8 Å². The summed E-state index contributed by atoms with van der Waals surface area (Å²) < 4.78 is 30.6. The van der Waals surface area contributed by atoms with Crippen LogP contribution in [0, 0.1) is 11.3 Å². The molecule has 5 heteroatoms. The summed E-state index contributed by atoms with van der Waals surface area (Å²) >= 11 is 0. The van der Waals surface area contributed by atoms with Crippen LogP contribution in [0.5, 0.6) is 5.75 Å². The van der Waals surface area contributed by atoms with Crippen LogP contribution in [0.15, 0.2) is 12.1 Å². The van der Waals surface area contributed by atoms with Crippen molar-refractivity contribution in [2.75, 3.05) is 6.61 Å². The molecule has 0 unspecified atom stereocenters. The van der Waals surface area contributed by atoms with E-state index in [0.717, 1.165) is 6.07 Å². The van der Waals surface area contributed by atoms with Gasteiger partial charge in [0.15, 0.2) is 5.78 Å². The first-order chi connectivity index (χ1) is 8.02. The van der Waals surface area contributed by atoms with Crippen molar-refractivity contribution in [3.8, 4) is 11.8 Å². The molecule has 0 saturated carbocycles. The Kier molecular flexibility index (Phi) is 4.16. The molecule has 0 saturated heterocycles. The van der Waals surface area contributed by atoms with Crippen molar-refractivity contribution in [2.45, 2.75) is 20.3 Å². The van der Waals surface area contributed by atoms with E-state index < -0.39 is 17.8 Å². The van der Waals surface area contributed by atoms with Crippen molar-refractivity contribution >= 4 is 5.78 Å². The molecule has 0 fully saturated rings. The fraction of sp³-hybridized carbons (Fsp3) is 0.333. The first kappa shape index (κ1) is 13.1. The van der Waals surface area contributed by atoms with Gasteiger partial charge in [0, 0.05) is 5.56 Å². The predicted octanol–water partition coefficient (Wildman–Crippen LogP) is 3.10. The fourth-order valence-electron chi connectivity index (χ4n) is 1.53. The average molecular weight is 239 g/mol. The third-order valence-electron chi connectivity index (χ3n) is 2.19. The maximum absolute atomic E-state index is 12.8. The quantitative estimate of drug-likeness (QED) is 0.758. The van der Waals surface area contributed by atoms with E-state index in [1.807, 2.05) is 6.07 Å². The zero-order chi connectivity index (χ0) is 13.0. The number of hydrogen-bond acceptors (Lipinski definition) is 3. The van der Waals surface area contributed by atoms with Crippen molar-refractivity contribution in [3.05, 3.63) is 28.8 Å². The van der Waals surface area contributed by atoms with Crippen molar-refractivity contribution in [2.24, 2.45) is 0 Å². The highest BCUT2D eigenvalue weighted by molar-refractivity contribution is 5.99. The Balaban J connectivity index is 3.54. The van der Waals surface area contributed by atoms with Crippen molar-refractivity contribution in [3.63, 3.8) is 0 Å². The topological polar surface area (TPSA) is 50.1 Å². The number of carbonyl (C=O) groups excluding carboxylic acids is 1. The van der Waals surface area contributed by atoms with E-state index in [9.17, 15) is 13.6 Å². The summed E-state index contributed by atoms with van der Waals surface area (Å²) in [5.74, 6) is -0.596. The first-order valence-corrected chi connectivity index (χ1v) is 5.01. The average Bonchev–Trinajstić information content (AvgIpc) is 2.28. The van der Waals surface area contributed by atoms with Gasteiger partial charge in [0.05, 0.1) is 17.7 Å². The van der Waals surface area contributed by atoms with E-state index in [2.05, 4.69) is 0 Å². The maximum atomic E-state index is 12.8. The number of nitriles is 1. The summed E-state index contributed by atoms with van der Waals surface area (Å²) in [4.78, 5) is 11.4. The Morgan fingerprint density at radius 3 is 2.59 bits per heavy atom. The number of halogens is 2. The number of Topliss-reactive ketones (excluding diaryl/α,β-unsaturated/α-hetero) is 1. The molecule has 1 rings (SSSR count). The monoisotopic (exact) mass is 239 g/mol. The molecule has 0 amide bonds. The Morgan fingerprint density at radius 1 is 1.53 bits per heavy atom. The third kappa shape index (κ3) is 2.59. The Labute approximate surface area is 97.6 Å². The number of nitrogens with zero attached hydrogens (tertiary/aromatic N) is 1. The molecule has 0 aliphatic heterocycles. The van der Waals surface area contributed by atoms with Crippen molar-refractivity contribution in [1.29, 1.82) is 5.26 Å². The molecule has 0 N–H and O–H groups in total. The van der Waals surface area contributed by atoms with E-state index in [-0.39, 0.29) is 23.5 Å². The minimum absolute atomic E-state index is 0.0553. The molecular formula is C12H11F2NO2. The second-order valence-corrected chi connectivity index (χ2v) is 3.31. The molecule has 0 radical (unpaired) electrons. The smallest absolute Gasteiger partial charge is 0.264 e. The first-order valence-electron chi connectivity index (χ1n) is 5.01. The third-order valence-corrected chi connectivity index (χ3v) is 2.19. The molecule has 17 heavy (non-hydrogen) atoms. The molecule has 3 nitrogen and oxygen atoms in total. The highest BCUT2D eigenvalue weighted by Crippen LogP contribution is 2.33. The molecule has 1 aromatic rings. The van der Waals surface area contributed by atoms with Gasteiger partial charge >= 0.3 is 0 Å². The van der Waals surface area contributed by atoms with Crippen LogP contribution in [-0.2, 0) is 0 Å². The number of benzene rings is 1. The van der Waals surface area contributed by atoms with Crippen LogP contribution in [0.25, 0.3) is 0 Å². The van der Waals surface area contributed by atoms with Crippen LogP contribution in [-0.4, -0.2) is 12.4 Å². The summed E-state index contributed by atoms with van der Waals surface area (Å²) in [6.45, 7) is 3.02. The van der Waals surface area contributed by atoms with Gasteiger partial charge in [-0.2, -0.15) is 5.26 Å². The van der Waals surface area contributed by atoms with Gasteiger partial charge in [0.2, 0.25) is 0 Å². The second kappa shape index (κ2) is 5.39. The number of ether oxygens (including phenoxy) is 1. The normalized spacial score (nSPS) is 10.1. The van der Waals surface area contributed by atoms with Crippen molar-refractivity contribution < 1.29 is 18.3 Å². The van der Waals surface area contributed by atoms with Crippen LogP contribution in [0.4, 0.5) is 8.78 Å². The highest BCUT2D eigenvalue weighted by Gasteiger charge is 2.23. The lowest BCUT2D eigenvalue weighted by atomic mass is 10.00. The van der Waals surface area contributed by atoms with Crippen LogP contribution >= 0.6 is 0 Å². The minimum Gasteiger partial charge on any atom is -0.492 e. The van der Waals surface area contributed by atoms with Gasteiger partial charge in [-0.3, -0.25) is 4.79 Å². The van der Waals surface area contributed by atoms with E-state index >= 15 is 0 Å². The zero-order valence-corrected chi connectivity index (χ0v) is 9.46. The number of ketones is 1. The molecule has 0 aromatic heterocycles. The lowest BCUT2D eigenvalue weighted by Gasteiger charge is -2.13. The Bertz CT molecular complexity index is 478. The lowest BCUT2D eigenvalue weighted by molar-refractivity contribution is 0.0994. The zero-order valence-electron chi connectivity index (χ0n) is 9.46.